The minimum atomic E-state index is -0.927. The van der Waals surface area contributed by atoms with Crippen molar-refractivity contribution in [2.75, 3.05) is 19.7 Å². The SMILES string of the molecule is Cc1nc2ccc(COc3cccc(C4CCN(Cc5nc6ccc(C(=O)O)cc6n5C[C@@H]5CCO5)CC4)n3)cc2s1. The zero-order valence-electron chi connectivity index (χ0n) is 23.5. The number of carboxylic acids is 1. The van der Waals surface area contributed by atoms with Gasteiger partial charge in [-0.2, -0.15) is 0 Å². The summed E-state index contributed by atoms with van der Waals surface area (Å²) in [6.45, 7) is 6.58. The van der Waals surface area contributed by atoms with E-state index in [1.165, 1.54) is 4.70 Å². The minimum Gasteiger partial charge on any atom is -0.478 e. The zero-order chi connectivity index (χ0) is 28.6. The Kier molecular flexibility index (Phi) is 7.35. The van der Waals surface area contributed by atoms with Gasteiger partial charge in [0.05, 0.1) is 51.0 Å². The molecule has 9 nitrogen and oxygen atoms in total. The zero-order valence-corrected chi connectivity index (χ0v) is 24.3. The molecule has 3 aromatic heterocycles. The molecule has 2 aliphatic rings. The number of rotatable bonds is 9. The Labute approximate surface area is 247 Å². The molecule has 0 amide bonds. The van der Waals surface area contributed by atoms with Crippen LogP contribution in [0, 0.1) is 6.92 Å². The van der Waals surface area contributed by atoms with Crippen molar-refractivity contribution in [2.45, 2.75) is 57.9 Å². The maximum absolute atomic E-state index is 11.6. The molecule has 7 rings (SSSR count). The number of likely N-dealkylation sites (tertiary alicyclic amines) is 1. The number of piperidine rings is 1. The predicted molar refractivity (Wildman–Crippen MR) is 161 cm³/mol. The fourth-order valence-electron chi connectivity index (χ4n) is 5.92. The summed E-state index contributed by atoms with van der Waals surface area (Å²) in [5.74, 6) is 1.07. The second-order valence-electron chi connectivity index (χ2n) is 11.2. The molecule has 1 atom stereocenters. The van der Waals surface area contributed by atoms with Crippen molar-refractivity contribution >= 4 is 38.6 Å². The van der Waals surface area contributed by atoms with Crippen LogP contribution in [0.3, 0.4) is 0 Å². The quantitative estimate of drug-likeness (QED) is 0.233. The van der Waals surface area contributed by atoms with E-state index < -0.39 is 5.97 Å². The summed E-state index contributed by atoms with van der Waals surface area (Å²) in [6.07, 6.45) is 3.18. The van der Waals surface area contributed by atoms with E-state index in [4.69, 9.17) is 19.4 Å². The monoisotopic (exact) mass is 583 g/mol. The van der Waals surface area contributed by atoms with E-state index in [0.29, 0.717) is 24.9 Å². The van der Waals surface area contributed by atoms with Crippen LogP contribution in [0.4, 0.5) is 0 Å². The first-order chi connectivity index (χ1) is 20.5. The van der Waals surface area contributed by atoms with Crippen LogP contribution in [0.15, 0.2) is 54.6 Å². The lowest BCUT2D eigenvalue weighted by atomic mass is 9.93. The number of ether oxygens (including phenoxy) is 2. The van der Waals surface area contributed by atoms with E-state index in [2.05, 4.69) is 38.7 Å². The number of aromatic carboxylic acids is 1. The maximum atomic E-state index is 11.6. The first-order valence-electron chi connectivity index (χ1n) is 14.5. The van der Waals surface area contributed by atoms with Crippen LogP contribution < -0.4 is 4.74 Å². The average molecular weight is 584 g/mol. The number of hydrogen-bond donors (Lipinski definition) is 1. The Hall–Kier alpha value is -3.86. The first kappa shape index (κ1) is 27.0. The van der Waals surface area contributed by atoms with Crippen molar-refractivity contribution in [3.05, 3.63) is 82.3 Å². The summed E-state index contributed by atoms with van der Waals surface area (Å²) < 4.78 is 15.1. The van der Waals surface area contributed by atoms with Gasteiger partial charge in [0.25, 0.3) is 0 Å². The van der Waals surface area contributed by atoms with E-state index >= 15 is 0 Å². The topological polar surface area (TPSA) is 103 Å². The highest BCUT2D eigenvalue weighted by Crippen LogP contribution is 2.30. The van der Waals surface area contributed by atoms with Gasteiger partial charge >= 0.3 is 5.97 Å². The van der Waals surface area contributed by atoms with Gasteiger partial charge in [-0.15, -0.1) is 11.3 Å². The highest BCUT2D eigenvalue weighted by molar-refractivity contribution is 7.18. The van der Waals surface area contributed by atoms with Crippen molar-refractivity contribution in [3.63, 3.8) is 0 Å². The third kappa shape index (κ3) is 5.62. The number of imidazole rings is 1. The van der Waals surface area contributed by atoms with Crippen LogP contribution in [0.25, 0.3) is 21.3 Å². The van der Waals surface area contributed by atoms with Crippen molar-refractivity contribution in [1.29, 1.82) is 0 Å². The normalized spacial score (nSPS) is 18.0. The number of thiazole rings is 1. The van der Waals surface area contributed by atoms with Crippen molar-refractivity contribution in [3.8, 4) is 5.88 Å². The van der Waals surface area contributed by atoms with Crippen LogP contribution in [0.1, 0.15) is 57.6 Å². The number of aryl methyl sites for hydroxylation is 1. The third-order valence-electron chi connectivity index (χ3n) is 8.32. The fraction of sp³-hybridized carbons (Fsp3) is 0.375. The second kappa shape index (κ2) is 11.4. The highest BCUT2D eigenvalue weighted by Gasteiger charge is 2.26. The average Bonchev–Trinajstić information content (AvgIpc) is 3.52. The van der Waals surface area contributed by atoms with Gasteiger partial charge in [0.2, 0.25) is 5.88 Å². The van der Waals surface area contributed by atoms with Crippen LogP contribution in [0.5, 0.6) is 5.88 Å². The molecule has 2 fully saturated rings. The molecule has 0 spiro atoms. The number of aromatic nitrogens is 4. The standard InChI is InChI=1S/C32H33N5O4S/c1-20-33-27-7-5-21(15-29(27)42-20)19-41-31-4-2-3-25(35-31)22-9-12-36(13-10-22)18-30-34-26-8-6-23(32(38)39)16-28(26)37(30)17-24-11-14-40-24/h2-8,15-16,22,24H,9-14,17-19H2,1H3,(H,38,39)/t24-/m0/s1. The van der Waals surface area contributed by atoms with Crippen LogP contribution in [0.2, 0.25) is 0 Å². The molecule has 216 valence electrons. The van der Waals surface area contributed by atoms with E-state index in [1.807, 2.05) is 25.1 Å². The second-order valence-corrected chi connectivity index (χ2v) is 12.4. The number of pyridine rings is 1. The van der Waals surface area contributed by atoms with E-state index in [-0.39, 0.29) is 11.7 Å². The smallest absolute Gasteiger partial charge is 0.335 e. The number of nitrogens with zero attached hydrogens (tertiary/aromatic N) is 5. The molecule has 0 saturated carbocycles. The van der Waals surface area contributed by atoms with Gasteiger partial charge in [-0.1, -0.05) is 12.1 Å². The Morgan fingerprint density at radius 1 is 1.05 bits per heavy atom. The summed E-state index contributed by atoms with van der Waals surface area (Å²) in [5.41, 5.74) is 5.19. The highest BCUT2D eigenvalue weighted by atomic mass is 32.1. The number of hydrogen-bond acceptors (Lipinski definition) is 8. The maximum Gasteiger partial charge on any atom is 0.335 e. The number of fused-ring (bicyclic) bond motifs is 2. The number of carbonyl (C=O) groups is 1. The molecule has 0 unspecified atom stereocenters. The van der Waals surface area contributed by atoms with E-state index in [0.717, 1.165) is 84.1 Å². The van der Waals surface area contributed by atoms with Gasteiger partial charge in [-0.25, -0.2) is 19.7 Å². The Morgan fingerprint density at radius 2 is 1.88 bits per heavy atom. The van der Waals surface area contributed by atoms with E-state index in [9.17, 15) is 9.90 Å². The molecule has 0 aliphatic carbocycles. The van der Waals surface area contributed by atoms with Crippen LogP contribution in [-0.2, 0) is 24.4 Å². The lowest BCUT2D eigenvalue weighted by Crippen LogP contribution is -2.35. The fourth-order valence-corrected chi connectivity index (χ4v) is 6.81. The molecular weight excluding hydrogens is 550 g/mol. The van der Waals surface area contributed by atoms with Gasteiger partial charge in [-0.3, -0.25) is 4.90 Å². The van der Waals surface area contributed by atoms with Crippen molar-refractivity contribution < 1.29 is 19.4 Å². The first-order valence-corrected chi connectivity index (χ1v) is 15.3. The molecule has 42 heavy (non-hydrogen) atoms. The van der Waals surface area contributed by atoms with E-state index in [1.54, 1.807) is 23.5 Å². The van der Waals surface area contributed by atoms with Crippen LogP contribution >= 0.6 is 11.3 Å². The molecule has 0 bridgehead atoms. The lowest BCUT2D eigenvalue weighted by molar-refractivity contribution is -0.0592. The van der Waals surface area contributed by atoms with Crippen molar-refractivity contribution in [1.82, 2.24) is 24.4 Å². The number of carboxylic acid groups (broad SMARTS) is 1. The molecule has 2 aliphatic heterocycles. The number of benzene rings is 2. The Bertz CT molecular complexity index is 1750. The van der Waals surface area contributed by atoms with Crippen molar-refractivity contribution in [2.24, 2.45) is 0 Å². The molecule has 2 aromatic carbocycles. The minimum absolute atomic E-state index is 0.153. The lowest BCUT2D eigenvalue weighted by Gasteiger charge is -2.32. The largest absolute Gasteiger partial charge is 0.478 e. The summed E-state index contributed by atoms with van der Waals surface area (Å²) in [7, 11) is 0. The summed E-state index contributed by atoms with van der Waals surface area (Å²) >= 11 is 1.70. The predicted octanol–water partition coefficient (Wildman–Crippen LogP) is 5.80. The molecule has 10 heteroatoms. The molecule has 5 aromatic rings. The molecule has 5 heterocycles. The van der Waals surface area contributed by atoms with Gasteiger partial charge in [0, 0.05) is 24.3 Å². The van der Waals surface area contributed by atoms with Crippen LogP contribution in [-0.4, -0.2) is 61.3 Å². The Morgan fingerprint density at radius 3 is 2.67 bits per heavy atom. The van der Waals surface area contributed by atoms with Gasteiger partial charge < -0.3 is 19.1 Å². The molecule has 2 saturated heterocycles. The summed E-state index contributed by atoms with van der Waals surface area (Å²) in [5, 5.41) is 10.6. The summed E-state index contributed by atoms with van der Waals surface area (Å²) in [4.78, 5) is 28.4. The summed E-state index contributed by atoms with van der Waals surface area (Å²) in [6, 6.07) is 17.5. The molecule has 0 radical (unpaired) electrons. The van der Waals surface area contributed by atoms with Gasteiger partial charge in [0.1, 0.15) is 12.4 Å². The van der Waals surface area contributed by atoms with Gasteiger partial charge in [0.15, 0.2) is 0 Å². The molecular formula is C32H33N5O4S. The molecule has 1 N–H and O–H groups in total. The third-order valence-corrected chi connectivity index (χ3v) is 9.25. The van der Waals surface area contributed by atoms with Gasteiger partial charge in [-0.05, 0) is 81.2 Å². The Balaban J connectivity index is 0.999.